The molecule has 33 heavy (non-hydrogen) atoms. The molecule has 0 amide bonds. The Hall–Kier alpha value is -3.33. The predicted octanol–water partition coefficient (Wildman–Crippen LogP) is 4.29. The van der Waals surface area contributed by atoms with Gasteiger partial charge in [-0.3, -0.25) is 10.2 Å². The molecule has 8 nitrogen and oxygen atoms in total. The van der Waals surface area contributed by atoms with Gasteiger partial charge in [0.15, 0.2) is 5.82 Å². The second-order valence-electron chi connectivity index (χ2n) is 10.3. The Kier molecular flexibility index (Phi) is 4.97. The number of anilines is 1. The lowest BCUT2D eigenvalue weighted by Crippen LogP contribution is -2.62. The maximum atomic E-state index is 15.2. The Morgan fingerprint density at radius 1 is 1.03 bits per heavy atom. The first kappa shape index (κ1) is 21.5. The van der Waals surface area contributed by atoms with Gasteiger partial charge in [0.25, 0.3) is 0 Å². The summed E-state index contributed by atoms with van der Waals surface area (Å²) in [6.07, 6.45) is 6.90. The van der Waals surface area contributed by atoms with Crippen LogP contribution in [0.1, 0.15) is 40.5 Å². The number of hydrogen-bond donors (Lipinski definition) is 3. The van der Waals surface area contributed by atoms with Gasteiger partial charge in [-0.2, -0.15) is 10.2 Å². The molecular formula is C24H29FN8. The van der Waals surface area contributed by atoms with Crippen molar-refractivity contribution < 1.29 is 4.39 Å². The summed E-state index contributed by atoms with van der Waals surface area (Å²) in [6, 6.07) is 5.66. The molecule has 0 spiro atoms. The number of aromatic nitrogens is 6. The van der Waals surface area contributed by atoms with Crippen LogP contribution in [0.15, 0.2) is 36.8 Å². The Bertz CT molecular complexity index is 1260. The lowest BCUT2D eigenvalue weighted by molar-refractivity contribution is 0.160. The molecule has 3 aromatic heterocycles. The number of benzene rings is 1. The van der Waals surface area contributed by atoms with Crippen LogP contribution in [0.5, 0.6) is 0 Å². The van der Waals surface area contributed by atoms with Crippen molar-refractivity contribution in [1.29, 1.82) is 0 Å². The highest BCUT2D eigenvalue weighted by molar-refractivity contribution is 6.02. The average Bonchev–Trinajstić information content (AvgIpc) is 3.43. The number of rotatable bonds is 4. The summed E-state index contributed by atoms with van der Waals surface area (Å²) in [5.41, 5.74) is 3.12. The quantitative estimate of drug-likeness (QED) is 0.431. The number of halogens is 1. The van der Waals surface area contributed by atoms with Crippen molar-refractivity contribution in [2.45, 2.75) is 57.7 Å². The highest BCUT2D eigenvalue weighted by Crippen LogP contribution is 2.36. The van der Waals surface area contributed by atoms with Crippen LogP contribution in [0.3, 0.4) is 0 Å². The molecule has 1 aromatic carbocycles. The van der Waals surface area contributed by atoms with E-state index in [4.69, 9.17) is 0 Å². The summed E-state index contributed by atoms with van der Waals surface area (Å²) in [5.74, 6) is 0.441. The highest BCUT2D eigenvalue weighted by Gasteiger charge is 2.39. The maximum absolute atomic E-state index is 15.2. The van der Waals surface area contributed by atoms with E-state index in [0.717, 1.165) is 18.7 Å². The molecule has 0 radical (unpaired) electrons. The summed E-state index contributed by atoms with van der Waals surface area (Å²) < 4.78 is 15.2. The first-order valence-corrected chi connectivity index (χ1v) is 11.1. The molecule has 0 aliphatic carbocycles. The Balaban J connectivity index is 1.47. The third-order valence-corrected chi connectivity index (χ3v) is 6.48. The Morgan fingerprint density at radius 2 is 1.79 bits per heavy atom. The maximum Gasteiger partial charge on any atom is 0.151 e. The summed E-state index contributed by atoms with van der Waals surface area (Å²) in [4.78, 5) is 2.20. The molecule has 4 heterocycles. The summed E-state index contributed by atoms with van der Waals surface area (Å²) >= 11 is 0. The van der Waals surface area contributed by atoms with E-state index >= 15 is 4.39 Å². The van der Waals surface area contributed by atoms with Crippen molar-refractivity contribution in [3.8, 4) is 22.4 Å². The van der Waals surface area contributed by atoms with Gasteiger partial charge in [-0.05, 0) is 58.7 Å². The van der Waals surface area contributed by atoms with E-state index in [1.807, 2.05) is 12.1 Å². The average molecular weight is 449 g/mol. The van der Waals surface area contributed by atoms with Gasteiger partial charge in [0, 0.05) is 52.4 Å². The molecule has 1 aliphatic heterocycles. The molecule has 9 heteroatoms. The van der Waals surface area contributed by atoms with Crippen molar-refractivity contribution >= 4 is 16.7 Å². The number of nitrogens with one attached hydrogen (secondary N) is 3. The van der Waals surface area contributed by atoms with Crippen molar-refractivity contribution in [3.63, 3.8) is 0 Å². The molecule has 5 rings (SSSR count). The zero-order chi connectivity index (χ0) is 23.4. The normalized spacial score (nSPS) is 18.0. The van der Waals surface area contributed by atoms with Crippen molar-refractivity contribution in [3.05, 3.63) is 42.6 Å². The van der Waals surface area contributed by atoms with Crippen LogP contribution in [-0.2, 0) is 0 Å². The molecular weight excluding hydrogens is 419 g/mol. The number of aromatic amines is 2. The van der Waals surface area contributed by atoms with Gasteiger partial charge in [-0.15, -0.1) is 10.2 Å². The zero-order valence-electron chi connectivity index (χ0n) is 19.6. The summed E-state index contributed by atoms with van der Waals surface area (Å²) in [5, 5.41) is 27.2. The molecule has 1 saturated heterocycles. The van der Waals surface area contributed by atoms with Crippen molar-refractivity contribution in [2.24, 2.45) is 0 Å². The standard InChI is InChI=1S/C24H29FN8/c1-23(2)9-15(10-24(3,4)32-23)33(5)20-7-6-19(29-30-20)16-8-18(25)21(14-11-26-27-12-14)17-13-28-31-22(16)17/h6-8,11-13,15,32H,9-10H2,1-5H3,(H,26,27)(H,28,31). The highest BCUT2D eigenvalue weighted by atomic mass is 19.1. The third kappa shape index (κ3) is 3.97. The minimum atomic E-state index is -0.359. The van der Waals surface area contributed by atoms with Gasteiger partial charge in [0.2, 0.25) is 0 Å². The smallest absolute Gasteiger partial charge is 0.151 e. The Morgan fingerprint density at radius 3 is 2.42 bits per heavy atom. The first-order valence-electron chi connectivity index (χ1n) is 11.1. The Labute approximate surface area is 192 Å². The van der Waals surface area contributed by atoms with Gasteiger partial charge < -0.3 is 10.2 Å². The second-order valence-corrected chi connectivity index (χ2v) is 10.3. The van der Waals surface area contributed by atoms with E-state index in [0.29, 0.717) is 39.3 Å². The fourth-order valence-corrected chi connectivity index (χ4v) is 5.35. The molecule has 0 bridgehead atoms. The monoisotopic (exact) mass is 448 g/mol. The van der Waals surface area contributed by atoms with Gasteiger partial charge in [-0.1, -0.05) is 0 Å². The van der Waals surface area contributed by atoms with Crippen LogP contribution in [0, 0.1) is 5.82 Å². The van der Waals surface area contributed by atoms with Crippen LogP contribution in [0.2, 0.25) is 0 Å². The topological polar surface area (TPSA) is 98.4 Å². The second kappa shape index (κ2) is 7.62. The van der Waals surface area contributed by atoms with Crippen molar-refractivity contribution in [2.75, 3.05) is 11.9 Å². The number of H-pyrrole nitrogens is 2. The summed E-state index contributed by atoms with van der Waals surface area (Å²) in [7, 11) is 2.07. The van der Waals surface area contributed by atoms with Gasteiger partial charge in [0.05, 0.1) is 23.6 Å². The van der Waals surface area contributed by atoms with E-state index in [1.54, 1.807) is 18.6 Å². The molecule has 3 N–H and O–H groups in total. The molecule has 0 atom stereocenters. The van der Waals surface area contributed by atoms with E-state index in [1.165, 1.54) is 6.07 Å². The van der Waals surface area contributed by atoms with Crippen LogP contribution in [0.25, 0.3) is 33.3 Å². The lowest BCUT2D eigenvalue weighted by atomic mass is 9.79. The fourth-order valence-electron chi connectivity index (χ4n) is 5.35. The molecule has 1 aliphatic rings. The zero-order valence-corrected chi connectivity index (χ0v) is 19.6. The van der Waals surface area contributed by atoms with Crippen LogP contribution in [-0.4, -0.2) is 54.8 Å². The number of hydrogen-bond acceptors (Lipinski definition) is 6. The molecule has 172 valence electrons. The van der Waals surface area contributed by atoms with Crippen molar-refractivity contribution in [1.82, 2.24) is 35.9 Å². The van der Waals surface area contributed by atoms with Crippen LogP contribution >= 0.6 is 0 Å². The lowest BCUT2D eigenvalue weighted by Gasteiger charge is -2.49. The third-order valence-electron chi connectivity index (χ3n) is 6.48. The van der Waals surface area contributed by atoms with E-state index in [-0.39, 0.29) is 16.9 Å². The van der Waals surface area contributed by atoms with Gasteiger partial charge >= 0.3 is 0 Å². The van der Waals surface area contributed by atoms with Gasteiger partial charge in [-0.25, -0.2) is 4.39 Å². The minimum Gasteiger partial charge on any atom is -0.355 e. The van der Waals surface area contributed by atoms with E-state index in [9.17, 15) is 0 Å². The van der Waals surface area contributed by atoms with Gasteiger partial charge in [0.1, 0.15) is 5.82 Å². The van der Waals surface area contributed by atoms with E-state index in [2.05, 4.69) is 75.6 Å². The SMILES string of the molecule is CN(c1ccc(-c2cc(F)c(-c3cn[nH]c3)c3cn[nH]c23)nn1)C1CC(C)(C)NC(C)(C)C1. The fraction of sp³-hybridized carbons (Fsp3) is 0.417. The predicted molar refractivity (Wildman–Crippen MR) is 127 cm³/mol. The number of fused-ring (bicyclic) bond motifs is 1. The summed E-state index contributed by atoms with van der Waals surface area (Å²) in [6.45, 7) is 8.95. The van der Waals surface area contributed by atoms with Crippen LogP contribution < -0.4 is 10.2 Å². The first-order chi connectivity index (χ1) is 15.6. The van der Waals surface area contributed by atoms with Crippen LogP contribution in [0.4, 0.5) is 10.2 Å². The number of piperidine rings is 1. The molecule has 4 aromatic rings. The number of nitrogens with zero attached hydrogens (tertiary/aromatic N) is 5. The largest absolute Gasteiger partial charge is 0.355 e. The molecule has 1 fully saturated rings. The van der Waals surface area contributed by atoms with E-state index < -0.39 is 0 Å². The molecule has 0 saturated carbocycles. The minimum absolute atomic E-state index is 0.0362. The molecule has 0 unspecified atom stereocenters.